The van der Waals surface area contributed by atoms with Crippen molar-refractivity contribution in [2.75, 3.05) is 6.50 Å². The van der Waals surface area contributed by atoms with Gasteiger partial charge in [0.25, 0.3) is 0 Å². The van der Waals surface area contributed by atoms with E-state index in [1.807, 2.05) is 0 Å². The van der Waals surface area contributed by atoms with Crippen LogP contribution in [-0.4, -0.2) is 24.4 Å². The van der Waals surface area contributed by atoms with E-state index in [-0.39, 0.29) is 0 Å². The highest BCUT2D eigenvalue weighted by atomic mass is 16.2. The van der Waals surface area contributed by atoms with Gasteiger partial charge in [0, 0.05) is 23.8 Å². The molecule has 0 heterocycles. The standard InChI is InChI=1S/C15H25N3O/c1-12(11-13-7-3-2-4-8-13)18-15(19)14(17)9-5-6-10-16/h2-4,7-8,12,14H,5-6,9-11,16-17H2,1H3,(H,18,19)/t12-,14+/m1/s1/i1D3,2D,3D,4D,5D2,6D2,7D,8D,9D2,10D2,11D2,12D,14D/hD5. The van der Waals surface area contributed by atoms with E-state index in [0.29, 0.717) is 0 Å². The van der Waals surface area contributed by atoms with Gasteiger partial charge in [-0.1, -0.05) is 36.6 Å². The minimum absolute atomic E-state index is 1.04. The zero-order valence-corrected chi connectivity index (χ0v) is 9.25. The first-order valence-electron chi connectivity index (χ1n) is 16.8. The van der Waals surface area contributed by atoms with Gasteiger partial charge in [-0.05, 0) is 38.0 Å². The summed E-state index contributed by atoms with van der Waals surface area (Å²) in [7, 11) is 0. The van der Waals surface area contributed by atoms with Crippen LogP contribution < -0.4 is 16.7 Å². The van der Waals surface area contributed by atoms with Gasteiger partial charge >= 0.3 is 0 Å². The molecule has 0 saturated heterocycles. The summed E-state index contributed by atoms with van der Waals surface area (Å²) in [5, 5.41) is -1.33. The van der Waals surface area contributed by atoms with Crippen LogP contribution in [0.3, 0.4) is 0 Å². The highest BCUT2D eigenvalue weighted by Crippen LogP contribution is 2.04. The molecule has 106 valence electrons. The van der Waals surface area contributed by atoms with Gasteiger partial charge in [-0.2, -0.15) is 0 Å². The molecule has 0 unspecified atom stereocenters. The van der Waals surface area contributed by atoms with Crippen molar-refractivity contribution < 1.29 is 39.3 Å². The van der Waals surface area contributed by atoms with Crippen LogP contribution in [0.5, 0.6) is 0 Å². The molecule has 0 aliphatic carbocycles. The third kappa shape index (κ3) is 6.36. The number of carbonyl (C=O) groups is 1. The molecule has 4 nitrogen and oxygen atoms in total. The molecule has 2 atom stereocenters. The van der Waals surface area contributed by atoms with Crippen LogP contribution in [0.4, 0.5) is 0 Å². The fourth-order valence-electron chi connectivity index (χ4n) is 0.785. The monoisotopic (exact) mass is 288 g/mol. The molecule has 0 aliphatic rings. The minimum Gasteiger partial charge on any atom is -0.352 e. The second kappa shape index (κ2) is 8.67. The molecule has 0 aromatic heterocycles. The molecule has 1 amide bonds. The second-order valence-electron chi connectivity index (χ2n) is 2.73. The average molecular weight is 289 g/mol. The normalized spacial score (nSPS) is 41.1. The van der Waals surface area contributed by atoms with Crippen molar-refractivity contribution in [3.8, 4) is 0 Å². The Morgan fingerprint density at radius 2 is 2.47 bits per heavy atom. The summed E-state index contributed by atoms with van der Waals surface area (Å²) in [6.45, 7) is -8.42. The molecular formula is C15H25N3O. The fraction of sp³-hybridized carbons (Fsp3) is 0.533. The molecule has 0 saturated carbocycles. The molecule has 0 spiro atoms. The largest absolute Gasteiger partial charge is 0.352 e. The van der Waals surface area contributed by atoms with Crippen LogP contribution in [0.25, 0.3) is 0 Å². The zero-order valence-electron chi connectivity index (χ0n) is 34.2. The zero-order chi connectivity index (χ0) is 35.8. The van der Waals surface area contributed by atoms with Gasteiger partial charge < -0.3 is 16.7 Å². The van der Waals surface area contributed by atoms with E-state index in [2.05, 4.69) is 0 Å². The van der Waals surface area contributed by atoms with Crippen molar-refractivity contribution in [2.45, 2.75) is 44.4 Å². The lowest BCUT2D eigenvalue weighted by Crippen LogP contribution is -2.45. The van der Waals surface area contributed by atoms with Crippen molar-refractivity contribution in [1.82, 2.24) is 5.31 Å². The van der Waals surface area contributed by atoms with Crippen LogP contribution in [-0.2, 0) is 11.2 Å². The van der Waals surface area contributed by atoms with Crippen LogP contribution in [0, 0.1) is 0 Å². The van der Waals surface area contributed by atoms with Crippen molar-refractivity contribution in [3.63, 3.8) is 0 Å². The Morgan fingerprint density at radius 3 is 3.16 bits per heavy atom. The molecule has 0 fully saturated rings. The summed E-state index contributed by atoms with van der Waals surface area (Å²) in [4.78, 5) is 13.6. The molecule has 5 N–H and O–H groups in total. The highest BCUT2D eigenvalue weighted by molar-refractivity contribution is 5.81. The van der Waals surface area contributed by atoms with Gasteiger partial charge in [0.1, 0.15) is 5.65 Å². The van der Waals surface area contributed by atoms with Crippen LogP contribution in [0.15, 0.2) is 30.2 Å². The lowest BCUT2D eigenvalue weighted by Gasteiger charge is -2.17. The average Bonchev–Trinajstić information content (AvgIpc) is 2.87. The van der Waals surface area contributed by atoms with Crippen LogP contribution in [0.2, 0.25) is 7.06 Å². The first-order chi connectivity index (χ1) is 19.1. The summed E-state index contributed by atoms with van der Waals surface area (Å²) in [5.41, 5.74) is -3.94. The Hall–Kier alpha value is -1.39. The van der Waals surface area contributed by atoms with E-state index in [1.165, 1.54) is 0 Å². The predicted molar refractivity (Wildman–Crippen MR) is 78.6 cm³/mol. The second-order valence-corrected chi connectivity index (χ2v) is 2.73. The number of nitrogens with one attached hydrogen (secondary N) is 1. The maximum Gasteiger partial charge on any atom is 0.237 e. The number of nitrogens with two attached hydrogens (primary N) is 2. The van der Waals surface area contributed by atoms with Crippen molar-refractivity contribution in [2.24, 2.45) is 11.4 Å². The third-order valence-electron chi connectivity index (χ3n) is 1.46. The summed E-state index contributed by atoms with van der Waals surface area (Å²) >= 11 is 0. The Balaban J connectivity index is 4.19. The molecule has 1 aromatic carbocycles. The maximum absolute atomic E-state index is 13.6. The summed E-state index contributed by atoms with van der Waals surface area (Å²) in [5.74, 6) is -2.91. The Morgan fingerprint density at radius 1 is 1.63 bits per heavy atom. The quantitative estimate of drug-likeness (QED) is 0.605. The molecular weight excluding hydrogens is 238 g/mol. The summed E-state index contributed by atoms with van der Waals surface area (Å²) in [6.07, 6.45) is -18.1. The third-order valence-corrected chi connectivity index (χ3v) is 1.46. The summed E-state index contributed by atoms with van der Waals surface area (Å²) in [6, 6.07) is -15.8. The van der Waals surface area contributed by atoms with Gasteiger partial charge in [-0.3, -0.25) is 4.79 Å². The smallest absolute Gasteiger partial charge is 0.237 e. The minimum atomic E-state index is -4.76. The van der Waals surface area contributed by atoms with Gasteiger partial charge in [0.2, 0.25) is 5.91 Å². The van der Waals surface area contributed by atoms with Crippen molar-refractivity contribution in [3.05, 3.63) is 35.8 Å². The van der Waals surface area contributed by atoms with E-state index in [4.69, 9.17) is 34.5 Å². The predicted octanol–water partition coefficient (Wildman–Crippen LogP) is 1.19. The fourth-order valence-corrected chi connectivity index (χ4v) is 0.785. The molecule has 4 heteroatoms. The van der Waals surface area contributed by atoms with E-state index in [0.717, 1.165) is 0 Å². The van der Waals surface area contributed by atoms with E-state index >= 15 is 0 Å². The van der Waals surface area contributed by atoms with Crippen molar-refractivity contribution >= 4 is 5.91 Å². The Bertz CT molecular complexity index is 1250. The lowest BCUT2D eigenvalue weighted by molar-refractivity contribution is -0.123. The number of hydrogen-bond donors (Lipinski definition) is 3. The topological polar surface area (TPSA) is 81.1 Å². The number of rotatable bonds is 10. The van der Waals surface area contributed by atoms with Crippen LogP contribution in [0.1, 0.15) is 58.9 Å². The molecule has 1 aromatic rings. The van der Waals surface area contributed by atoms with Gasteiger partial charge in [0.15, 0.2) is 1.41 Å². The van der Waals surface area contributed by atoms with Crippen LogP contribution >= 0.6 is 0 Å². The van der Waals surface area contributed by atoms with E-state index < -0.39 is 109 Å². The number of benzene rings is 1. The van der Waals surface area contributed by atoms with E-state index in [9.17, 15) is 4.79 Å². The first kappa shape index (κ1) is 2.68. The van der Waals surface area contributed by atoms with E-state index in [1.54, 1.807) is 0 Å². The maximum atomic E-state index is 13.6. The molecule has 0 radical (unpaired) electrons. The van der Waals surface area contributed by atoms with Gasteiger partial charge in [-0.25, -0.2) is 0 Å². The Labute approximate surface area is 151 Å². The highest BCUT2D eigenvalue weighted by Gasteiger charge is 2.15. The van der Waals surface area contributed by atoms with Gasteiger partial charge in [0.05, 0.1) is 15.6 Å². The van der Waals surface area contributed by atoms with Gasteiger partial charge in [-0.15, -0.1) is 0 Å². The number of hydrogen-bond acceptors (Lipinski definition) is 3. The summed E-state index contributed by atoms with van der Waals surface area (Å²) < 4.78 is 197. The van der Waals surface area contributed by atoms with Crippen molar-refractivity contribution in [1.29, 1.82) is 0 Å². The number of carbonyl (C=O) groups excluding carboxylic acids is 1. The number of amides is 1. The lowest BCUT2D eigenvalue weighted by atomic mass is 10.1. The molecule has 19 heavy (non-hydrogen) atoms. The molecule has 0 aliphatic heterocycles. The SMILES string of the molecule is [2H]c1c([2H])c([2H])c(C([2H])([2H])[C@]([2H])(N([2H])C(=O)[C@@]([2H])(N([2H])[2H])C([2H])([2H])C([2H])([2H])C([2H])([2H])C([2H])([2H])N([2H])[2H])C([2H])([2H])[2H])c([2H])c1[2H]. The molecule has 0 bridgehead atoms. The first-order valence-corrected chi connectivity index (χ1v) is 4.60. The Kier molecular flexibility index (Phi) is 1.22. The molecule has 1 rings (SSSR count).